The molecule has 1 aliphatic carbocycles. The van der Waals surface area contributed by atoms with Crippen molar-refractivity contribution in [3.8, 4) is 17.6 Å². The van der Waals surface area contributed by atoms with Crippen LogP contribution < -0.4 is 4.74 Å². The first-order valence-corrected chi connectivity index (χ1v) is 9.29. The first-order chi connectivity index (χ1) is 12.3. The molecular formula is C22H26N2O. The molecule has 0 amide bonds. The van der Waals surface area contributed by atoms with Gasteiger partial charge in [0.15, 0.2) is 0 Å². The highest BCUT2D eigenvalue weighted by Gasteiger charge is 2.19. The average molecular weight is 334 g/mol. The molecule has 2 aromatic carbocycles. The van der Waals surface area contributed by atoms with Gasteiger partial charge in [0.2, 0.25) is 0 Å². The lowest BCUT2D eigenvalue weighted by Crippen LogP contribution is -2.36. The second-order valence-electron chi connectivity index (χ2n) is 6.74. The molecule has 130 valence electrons. The van der Waals surface area contributed by atoms with Crippen LogP contribution in [0.1, 0.15) is 50.2 Å². The predicted octanol–water partition coefficient (Wildman–Crippen LogP) is 5.51. The molecule has 3 heteroatoms. The Morgan fingerprint density at radius 1 is 0.960 bits per heavy atom. The first kappa shape index (κ1) is 17.5. The summed E-state index contributed by atoms with van der Waals surface area (Å²) in [6.07, 6.45) is 6.83. The Balaban J connectivity index is 1.60. The number of benzene rings is 2. The SMILES string of the molecule is CCN(Cc1ccc(Oc2ccc(C#N)cc2)cc1)C1CCCCC1. The van der Waals surface area contributed by atoms with Gasteiger partial charge < -0.3 is 4.74 Å². The van der Waals surface area contributed by atoms with Crippen LogP contribution in [0.4, 0.5) is 0 Å². The molecule has 0 saturated heterocycles. The van der Waals surface area contributed by atoms with Gasteiger partial charge in [-0.15, -0.1) is 0 Å². The van der Waals surface area contributed by atoms with Gasteiger partial charge >= 0.3 is 0 Å². The third-order valence-electron chi connectivity index (χ3n) is 5.03. The van der Waals surface area contributed by atoms with Gasteiger partial charge in [-0.3, -0.25) is 4.90 Å². The van der Waals surface area contributed by atoms with Crippen molar-refractivity contribution in [2.45, 2.75) is 51.6 Å². The van der Waals surface area contributed by atoms with Crippen molar-refractivity contribution in [3.05, 3.63) is 59.7 Å². The minimum atomic E-state index is 0.644. The molecule has 0 aromatic heterocycles. The van der Waals surface area contributed by atoms with E-state index in [2.05, 4.69) is 30.0 Å². The van der Waals surface area contributed by atoms with Crippen LogP contribution in [0, 0.1) is 11.3 Å². The summed E-state index contributed by atoms with van der Waals surface area (Å²) >= 11 is 0. The first-order valence-electron chi connectivity index (χ1n) is 9.29. The van der Waals surface area contributed by atoms with Crippen molar-refractivity contribution in [2.75, 3.05) is 6.54 Å². The fourth-order valence-electron chi connectivity index (χ4n) is 3.58. The highest BCUT2D eigenvalue weighted by atomic mass is 16.5. The van der Waals surface area contributed by atoms with Crippen molar-refractivity contribution < 1.29 is 4.74 Å². The molecule has 25 heavy (non-hydrogen) atoms. The largest absolute Gasteiger partial charge is 0.457 e. The Bertz CT molecular complexity index is 694. The van der Waals surface area contributed by atoms with E-state index < -0.39 is 0 Å². The monoisotopic (exact) mass is 334 g/mol. The van der Waals surface area contributed by atoms with Gasteiger partial charge in [0, 0.05) is 12.6 Å². The summed E-state index contributed by atoms with van der Waals surface area (Å²) in [5, 5.41) is 8.84. The topological polar surface area (TPSA) is 36.3 Å². The van der Waals surface area contributed by atoms with Crippen LogP contribution in [0.3, 0.4) is 0 Å². The number of hydrogen-bond acceptors (Lipinski definition) is 3. The third kappa shape index (κ3) is 4.84. The normalized spacial score (nSPS) is 15.1. The van der Waals surface area contributed by atoms with Crippen LogP contribution >= 0.6 is 0 Å². The van der Waals surface area contributed by atoms with E-state index in [0.717, 1.165) is 30.6 Å². The van der Waals surface area contributed by atoms with Gasteiger partial charge in [-0.25, -0.2) is 0 Å². The van der Waals surface area contributed by atoms with Crippen molar-refractivity contribution in [3.63, 3.8) is 0 Å². The van der Waals surface area contributed by atoms with E-state index in [9.17, 15) is 0 Å². The van der Waals surface area contributed by atoms with E-state index in [1.54, 1.807) is 12.1 Å². The second kappa shape index (κ2) is 8.69. The maximum absolute atomic E-state index is 8.84. The minimum absolute atomic E-state index is 0.644. The summed E-state index contributed by atoms with van der Waals surface area (Å²) in [5.41, 5.74) is 1.98. The van der Waals surface area contributed by atoms with Gasteiger partial charge in [0.25, 0.3) is 0 Å². The molecule has 0 bridgehead atoms. The van der Waals surface area contributed by atoms with E-state index in [1.165, 1.54) is 37.7 Å². The summed E-state index contributed by atoms with van der Waals surface area (Å²) in [5.74, 6) is 1.58. The Hall–Kier alpha value is -2.31. The van der Waals surface area contributed by atoms with Gasteiger partial charge in [0.1, 0.15) is 11.5 Å². The van der Waals surface area contributed by atoms with Crippen molar-refractivity contribution in [1.29, 1.82) is 5.26 Å². The van der Waals surface area contributed by atoms with Crippen LogP contribution in [0.25, 0.3) is 0 Å². The molecule has 1 saturated carbocycles. The van der Waals surface area contributed by atoms with Gasteiger partial charge in [-0.05, 0) is 61.3 Å². The molecule has 2 aromatic rings. The zero-order valence-electron chi connectivity index (χ0n) is 14.9. The quantitative estimate of drug-likeness (QED) is 0.699. The molecule has 0 radical (unpaired) electrons. The summed E-state index contributed by atoms with van der Waals surface area (Å²) in [6.45, 7) is 4.38. The van der Waals surface area contributed by atoms with E-state index in [1.807, 2.05) is 24.3 Å². The van der Waals surface area contributed by atoms with Gasteiger partial charge in [0.05, 0.1) is 11.6 Å². The van der Waals surface area contributed by atoms with E-state index >= 15 is 0 Å². The summed E-state index contributed by atoms with van der Waals surface area (Å²) < 4.78 is 5.86. The van der Waals surface area contributed by atoms with E-state index in [0.29, 0.717) is 5.56 Å². The highest BCUT2D eigenvalue weighted by molar-refractivity contribution is 5.37. The lowest BCUT2D eigenvalue weighted by Gasteiger charge is -2.33. The standard InChI is InChI=1S/C22H26N2O/c1-2-24(20-6-4-3-5-7-20)17-19-10-14-22(15-11-19)25-21-12-8-18(16-23)9-13-21/h8-15,20H,2-7,17H2,1H3. The highest BCUT2D eigenvalue weighted by Crippen LogP contribution is 2.25. The molecule has 0 unspecified atom stereocenters. The van der Waals surface area contributed by atoms with Crippen LogP contribution in [-0.4, -0.2) is 17.5 Å². The number of hydrogen-bond donors (Lipinski definition) is 0. The molecule has 1 fully saturated rings. The molecule has 0 heterocycles. The second-order valence-corrected chi connectivity index (χ2v) is 6.74. The van der Waals surface area contributed by atoms with Gasteiger partial charge in [-0.2, -0.15) is 5.26 Å². The summed E-state index contributed by atoms with van der Waals surface area (Å²) in [7, 11) is 0. The number of ether oxygens (including phenoxy) is 1. The Morgan fingerprint density at radius 3 is 2.12 bits per heavy atom. The lowest BCUT2D eigenvalue weighted by atomic mass is 9.94. The zero-order chi connectivity index (χ0) is 17.5. The predicted molar refractivity (Wildman–Crippen MR) is 101 cm³/mol. The smallest absolute Gasteiger partial charge is 0.127 e. The lowest BCUT2D eigenvalue weighted by molar-refractivity contribution is 0.156. The van der Waals surface area contributed by atoms with Crippen LogP contribution in [-0.2, 0) is 6.54 Å². The Labute approximate surface area is 150 Å². The van der Waals surface area contributed by atoms with Crippen molar-refractivity contribution in [2.24, 2.45) is 0 Å². The van der Waals surface area contributed by atoms with Crippen molar-refractivity contribution >= 4 is 0 Å². The van der Waals surface area contributed by atoms with Gasteiger partial charge in [-0.1, -0.05) is 38.3 Å². The number of nitriles is 1. The average Bonchev–Trinajstić information content (AvgIpc) is 2.68. The number of nitrogens with zero attached hydrogens (tertiary/aromatic N) is 2. The molecule has 1 aliphatic rings. The maximum atomic E-state index is 8.84. The Kier molecular flexibility index (Phi) is 6.09. The number of rotatable bonds is 6. The summed E-state index contributed by atoms with van der Waals surface area (Å²) in [6, 6.07) is 18.4. The third-order valence-corrected chi connectivity index (χ3v) is 5.03. The maximum Gasteiger partial charge on any atom is 0.127 e. The molecule has 3 rings (SSSR count). The Morgan fingerprint density at radius 2 is 1.56 bits per heavy atom. The van der Waals surface area contributed by atoms with E-state index in [-0.39, 0.29) is 0 Å². The van der Waals surface area contributed by atoms with Crippen LogP contribution in [0.2, 0.25) is 0 Å². The van der Waals surface area contributed by atoms with Crippen molar-refractivity contribution in [1.82, 2.24) is 4.90 Å². The van der Waals surface area contributed by atoms with Crippen LogP contribution in [0.5, 0.6) is 11.5 Å². The molecule has 0 N–H and O–H groups in total. The molecule has 0 aliphatic heterocycles. The summed E-state index contributed by atoms with van der Waals surface area (Å²) in [4.78, 5) is 2.61. The fourth-order valence-corrected chi connectivity index (χ4v) is 3.58. The zero-order valence-corrected chi connectivity index (χ0v) is 14.9. The molecule has 0 atom stereocenters. The van der Waals surface area contributed by atoms with E-state index in [4.69, 9.17) is 10.00 Å². The minimum Gasteiger partial charge on any atom is -0.457 e. The fraction of sp³-hybridized carbons (Fsp3) is 0.409. The molecule has 0 spiro atoms. The van der Waals surface area contributed by atoms with Crippen LogP contribution in [0.15, 0.2) is 48.5 Å². The molecular weight excluding hydrogens is 308 g/mol. The molecule has 3 nitrogen and oxygen atoms in total.